The van der Waals surface area contributed by atoms with E-state index in [1.807, 2.05) is 4.72 Å². The van der Waals surface area contributed by atoms with Crippen LogP contribution in [0.4, 0.5) is 15.8 Å². The van der Waals surface area contributed by atoms with Crippen LogP contribution in [0.1, 0.15) is 6.92 Å². The zero-order valence-electron chi connectivity index (χ0n) is 8.84. The van der Waals surface area contributed by atoms with E-state index in [2.05, 4.69) is 0 Å². The Morgan fingerprint density at radius 3 is 2.65 bits per heavy atom. The Labute approximate surface area is 97.3 Å². The number of rotatable bonds is 4. The molecular weight excluding hydrogens is 251 g/mol. The van der Waals surface area contributed by atoms with Gasteiger partial charge < -0.3 is 10.8 Å². The molecule has 0 saturated heterocycles. The number of hydrogen-bond acceptors (Lipinski definition) is 4. The lowest BCUT2D eigenvalue weighted by Gasteiger charge is -2.12. The van der Waals surface area contributed by atoms with E-state index in [1.165, 1.54) is 6.07 Å². The molecule has 1 atom stereocenters. The largest absolute Gasteiger partial charge is 0.480 e. The monoisotopic (exact) mass is 262 g/mol. The summed E-state index contributed by atoms with van der Waals surface area (Å²) in [7, 11) is -4.20. The first-order valence-corrected chi connectivity index (χ1v) is 6.08. The van der Waals surface area contributed by atoms with Crippen molar-refractivity contribution in [3.05, 3.63) is 24.0 Å². The van der Waals surface area contributed by atoms with Gasteiger partial charge in [-0.3, -0.25) is 9.52 Å². The molecule has 0 fully saturated rings. The normalized spacial score (nSPS) is 13.1. The third-order valence-corrected chi connectivity index (χ3v) is 3.69. The van der Waals surface area contributed by atoms with E-state index < -0.39 is 27.1 Å². The number of aliphatic carboxylic acids is 1. The number of benzene rings is 1. The summed E-state index contributed by atoms with van der Waals surface area (Å²) in [5, 5.41) is 6.89. The number of nitrogens with one attached hydrogen (secondary N) is 1. The van der Waals surface area contributed by atoms with Gasteiger partial charge in [0.15, 0.2) is 5.25 Å². The lowest BCUT2D eigenvalue weighted by Crippen LogP contribution is -2.32. The second kappa shape index (κ2) is 4.58. The van der Waals surface area contributed by atoms with Crippen LogP contribution in [-0.4, -0.2) is 24.7 Å². The predicted molar refractivity (Wildman–Crippen MR) is 60.5 cm³/mol. The first-order chi connectivity index (χ1) is 7.74. The van der Waals surface area contributed by atoms with Gasteiger partial charge in [0, 0.05) is 5.69 Å². The summed E-state index contributed by atoms with van der Waals surface area (Å²) >= 11 is 0. The van der Waals surface area contributed by atoms with Gasteiger partial charge in [0.05, 0.1) is 5.69 Å². The van der Waals surface area contributed by atoms with Gasteiger partial charge in [-0.05, 0) is 25.1 Å². The highest BCUT2D eigenvalue weighted by Gasteiger charge is 2.28. The number of nitrogen functional groups attached to an aromatic ring is 1. The van der Waals surface area contributed by atoms with Gasteiger partial charge in [0.25, 0.3) is 0 Å². The maximum atomic E-state index is 13.2. The maximum absolute atomic E-state index is 13.2. The molecule has 0 aliphatic rings. The van der Waals surface area contributed by atoms with Gasteiger partial charge in [-0.15, -0.1) is 0 Å². The molecule has 17 heavy (non-hydrogen) atoms. The van der Waals surface area contributed by atoms with Crippen LogP contribution in [0, 0.1) is 5.82 Å². The van der Waals surface area contributed by atoms with Crippen molar-refractivity contribution in [2.75, 3.05) is 10.5 Å². The summed E-state index contributed by atoms with van der Waals surface area (Å²) < 4.78 is 38.1. The van der Waals surface area contributed by atoms with Crippen LogP contribution in [0.25, 0.3) is 0 Å². The number of halogens is 1. The number of nitrogens with two attached hydrogens (primary N) is 1. The van der Waals surface area contributed by atoms with Crippen LogP contribution >= 0.6 is 0 Å². The van der Waals surface area contributed by atoms with Crippen molar-refractivity contribution in [3.63, 3.8) is 0 Å². The quantitative estimate of drug-likeness (QED) is 0.689. The second-order valence-corrected chi connectivity index (χ2v) is 5.37. The predicted octanol–water partition coefficient (Wildman–Crippen LogP) is 0.623. The highest BCUT2D eigenvalue weighted by atomic mass is 32.2. The third kappa shape index (κ3) is 3.06. The molecule has 0 aliphatic carbocycles. The summed E-state index contributed by atoms with van der Waals surface area (Å²) in [6.45, 7) is 0.981. The Hall–Kier alpha value is -1.83. The van der Waals surface area contributed by atoms with Crippen LogP contribution < -0.4 is 10.5 Å². The Kier molecular flexibility index (Phi) is 3.56. The molecule has 0 spiro atoms. The molecule has 0 amide bonds. The lowest BCUT2D eigenvalue weighted by molar-refractivity contribution is -0.136. The number of carboxylic acids is 1. The molecule has 0 saturated carbocycles. The van der Waals surface area contributed by atoms with Gasteiger partial charge >= 0.3 is 5.97 Å². The van der Waals surface area contributed by atoms with Crippen LogP contribution in [-0.2, 0) is 14.8 Å². The van der Waals surface area contributed by atoms with Crippen molar-refractivity contribution in [1.29, 1.82) is 0 Å². The number of carbonyl (C=O) groups is 1. The van der Waals surface area contributed by atoms with Gasteiger partial charge in [-0.2, -0.15) is 0 Å². The van der Waals surface area contributed by atoms with Gasteiger partial charge in [0.1, 0.15) is 5.82 Å². The molecule has 0 aliphatic heterocycles. The van der Waals surface area contributed by atoms with E-state index in [9.17, 15) is 17.6 Å². The van der Waals surface area contributed by atoms with Crippen LogP contribution in [0.5, 0.6) is 0 Å². The van der Waals surface area contributed by atoms with Crippen LogP contribution in [0.15, 0.2) is 18.2 Å². The third-order valence-electron chi connectivity index (χ3n) is 2.06. The molecule has 4 N–H and O–H groups in total. The van der Waals surface area contributed by atoms with E-state index in [-0.39, 0.29) is 11.4 Å². The molecule has 1 aromatic rings. The van der Waals surface area contributed by atoms with Crippen LogP contribution in [0.2, 0.25) is 0 Å². The SMILES string of the molecule is CC(C(=O)O)S(=O)(=O)Nc1cc(N)ccc1F. The zero-order chi connectivity index (χ0) is 13.2. The minimum absolute atomic E-state index is 0.159. The van der Waals surface area contributed by atoms with E-state index in [0.717, 1.165) is 19.1 Å². The van der Waals surface area contributed by atoms with E-state index in [1.54, 1.807) is 0 Å². The molecular formula is C9H11FN2O4S. The van der Waals surface area contributed by atoms with E-state index >= 15 is 0 Å². The summed E-state index contributed by atoms with van der Waals surface area (Å²) in [5.74, 6) is -2.36. The zero-order valence-corrected chi connectivity index (χ0v) is 9.66. The minimum Gasteiger partial charge on any atom is -0.480 e. The minimum atomic E-state index is -4.20. The summed E-state index contributed by atoms with van der Waals surface area (Å²) in [6.07, 6.45) is 0. The summed E-state index contributed by atoms with van der Waals surface area (Å²) in [4.78, 5) is 10.6. The molecule has 0 bridgehead atoms. The first kappa shape index (κ1) is 13.2. The molecule has 8 heteroatoms. The molecule has 1 unspecified atom stereocenters. The fourth-order valence-corrected chi connectivity index (χ4v) is 1.90. The highest BCUT2D eigenvalue weighted by Crippen LogP contribution is 2.19. The van der Waals surface area contributed by atoms with Crippen molar-refractivity contribution < 1.29 is 22.7 Å². The maximum Gasteiger partial charge on any atom is 0.323 e. The summed E-state index contributed by atoms with van der Waals surface area (Å²) in [6, 6.07) is 3.31. The molecule has 0 heterocycles. The number of carboxylic acid groups (broad SMARTS) is 1. The van der Waals surface area contributed by atoms with Crippen molar-refractivity contribution in [3.8, 4) is 0 Å². The van der Waals surface area contributed by atoms with E-state index in [4.69, 9.17) is 10.8 Å². The van der Waals surface area contributed by atoms with Crippen molar-refractivity contribution in [2.45, 2.75) is 12.2 Å². The Morgan fingerprint density at radius 2 is 2.12 bits per heavy atom. The first-order valence-electron chi connectivity index (χ1n) is 4.53. The number of sulfonamides is 1. The Balaban J connectivity index is 3.06. The van der Waals surface area contributed by atoms with Crippen molar-refractivity contribution in [1.82, 2.24) is 0 Å². The molecule has 0 radical (unpaired) electrons. The van der Waals surface area contributed by atoms with Gasteiger partial charge in [-0.25, -0.2) is 12.8 Å². The topological polar surface area (TPSA) is 109 Å². The van der Waals surface area contributed by atoms with Gasteiger partial charge in [-0.1, -0.05) is 0 Å². The lowest BCUT2D eigenvalue weighted by atomic mass is 10.3. The molecule has 0 aromatic heterocycles. The smallest absolute Gasteiger partial charge is 0.323 e. The average Bonchev–Trinajstić information content (AvgIpc) is 2.21. The average molecular weight is 262 g/mol. The molecule has 1 aromatic carbocycles. The Morgan fingerprint density at radius 1 is 1.53 bits per heavy atom. The van der Waals surface area contributed by atoms with E-state index in [0.29, 0.717) is 0 Å². The highest BCUT2D eigenvalue weighted by molar-refractivity contribution is 7.94. The van der Waals surface area contributed by atoms with Crippen molar-refractivity contribution in [2.24, 2.45) is 0 Å². The van der Waals surface area contributed by atoms with Crippen molar-refractivity contribution >= 4 is 27.4 Å². The van der Waals surface area contributed by atoms with Crippen LogP contribution in [0.3, 0.4) is 0 Å². The standard InChI is InChI=1S/C9H11FN2O4S/c1-5(9(13)14)17(15,16)12-8-4-6(11)2-3-7(8)10/h2-5,12H,11H2,1H3,(H,13,14). The number of hydrogen-bond donors (Lipinski definition) is 3. The molecule has 94 valence electrons. The fraction of sp³-hybridized carbons (Fsp3) is 0.222. The molecule has 1 rings (SSSR count). The van der Waals surface area contributed by atoms with Gasteiger partial charge in [0.2, 0.25) is 10.0 Å². The molecule has 6 nitrogen and oxygen atoms in total. The fourth-order valence-electron chi connectivity index (χ4n) is 0.995. The number of anilines is 2. The second-order valence-electron chi connectivity index (χ2n) is 3.37. The Bertz CT molecular complexity index is 544. The summed E-state index contributed by atoms with van der Waals surface area (Å²) in [5.41, 5.74) is 5.15.